The van der Waals surface area contributed by atoms with Crippen LogP contribution in [0.2, 0.25) is 0 Å². The molecule has 2 aromatic carbocycles. The van der Waals surface area contributed by atoms with Gasteiger partial charge in [0, 0.05) is 37.6 Å². The van der Waals surface area contributed by atoms with Crippen molar-refractivity contribution in [2.24, 2.45) is 0 Å². The number of methoxy groups -OCH3 is 1. The summed E-state index contributed by atoms with van der Waals surface area (Å²) in [5.41, 5.74) is 2.38. The summed E-state index contributed by atoms with van der Waals surface area (Å²) in [6.07, 6.45) is 0.317. The molecule has 1 fully saturated rings. The molecule has 0 radical (unpaired) electrons. The molecule has 0 aliphatic carbocycles. The van der Waals surface area contributed by atoms with E-state index in [9.17, 15) is 17.8 Å². The van der Waals surface area contributed by atoms with Crippen molar-refractivity contribution < 1.29 is 73.3 Å². The van der Waals surface area contributed by atoms with Gasteiger partial charge >= 0.3 is 57.1 Å². The van der Waals surface area contributed by atoms with Gasteiger partial charge < -0.3 is 19.1 Å². The minimum Gasteiger partial charge on any atom is -0.726 e. The fourth-order valence-electron chi connectivity index (χ4n) is 4.08. The molecule has 1 aromatic heterocycles. The van der Waals surface area contributed by atoms with Crippen molar-refractivity contribution in [3.05, 3.63) is 65.3 Å². The van der Waals surface area contributed by atoms with Gasteiger partial charge in [0.05, 0.1) is 24.9 Å². The number of aromatic nitrogens is 3. The Morgan fingerprint density at radius 2 is 1.36 bits per heavy atom. The molecule has 0 unspecified atom stereocenters. The predicted octanol–water partition coefficient (Wildman–Crippen LogP) is -1.20. The first-order chi connectivity index (χ1) is 16.7. The SMILES string of the molecule is COc1ccc(N2CCN(c3ccc(-n4cnn([C@H](C)[C@H](C)OS(=O)(=O)[O-])c4=O)cc3)CC2)cc1.[K+]. The minimum atomic E-state index is -4.89. The molecule has 13 heteroatoms. The number of rotatable bonds is 8. The van der Waals surface area contributed by atoms with Gasteiger partial charge in [0.15, 0.2) is 0 Å². The first-order valence-corrected chi connectivity index (χ1v) is 12.5. The van der Waals surface area contributed by atoms with E-state index in [1.165, 1.54) is 23.5 Å². The van der Waals surface area contributed by atoms with Gasteiger partial charge in [0.2, 0.25) is 10.4 Å². The van der Waals surface area contributed by atoms with Crippen LogP contribution in [0.5, 0.6) is 5.75 Å². The van der Waals surface area contributed by atoms with Crippen molar-refractivity contribution >= 4 is 21.8 Å². The van der Waals surface area contributed by atoms with Crippen LogP contribution >= 0.6 is 0 Å². The van der Waals surface area contributed by atoms with Gasteiger partial charge in [-0.05, 0) is 62.4 Å². The average Bonchev–Trinajstić information content (AvgIpc) is 3.24. The minimum absolute atomic E-state index is 0. The van der Waals surface area contributed by atoms with Crippen LogP contribution < -0.4 is 71.6 Å². The van der Waals surface area contributed by atoms with Crippen molar-refractivity contribution in [1.29, 1.82) is 0 Å². The third-order valence-corrected chi connectivity index (χ3v) is 6.78. The smallest absolute Gasteiger partial charge is 0.726 e. The Balaban J connectivity index is 0.00000361. The molecular formula is C23H28KN5O6S. The van der Waals surface area contributed by atoms with E-state index in [2.05, 4.69) is 31.2 Å². The second-order valence-corrected chi connectivity index (χ2v) is 9.38. The Labute approximate surface area is 253 Å². The molecule has 11 nitrogen and oxygen atoms in total. The molecular weight excluding hydrogens is 513 g/mol. The Morgan fingerprint density at radius 3 is 1.83 bits per heavy atom. The van der Waals surface area contributed by atoms with Gasteiger partial charge in [0.1, 0.15) is 12.1 Å². The van der Waals surface area contributed by atoms with Crippen LogP contribution in [0.3, 0.4) is 0 Å². The van der Waals surface area contributed by atoms with E-state index in [0.29, 0.717) is 5.69 Å². The van der Waals surface area contributed by atoms with Crippen molar-refractivity contribution in [1.82, 2.24) is 14.3 Å². The van der Waals surface area contributed by atoms with Crippen LogP contribution in [0.1, 0.15) is 19.9 Å². The number of anilines is 2. The summed E-state index contributed by atoms with van der Waals surface area (Å²) < 4.78 is 44.7. The largest absolute Gasteiger partial charge is 1.00 e. The monoisotopic (exact) mass is 541 g/mol. The van der Waals surface area contributed by atoms with Crippen LogP contribution in [0.4, 0.5) is 11.4 Å². The summed E-state index contributed by atoms with van der Waals surface area (Å²) in [5, 5.41) is 4.07. The summed E-state index contributed by atoms with van der Waals surface area (Å²) in [5.74, 6) is 0.838. The molecule has 36 heavy (non-hydrogen) atoms. The molecule has 2 heterocycles. The number of nitrogens with zero attached hydrogens (tertiary/aromatic N) is 5. The molecule has 188 valence electrons. The molecule has 1 aliphatic heterocycles. The van der Waals surface area contributed by atoms with Gasteiger partial charge in [-0.15, -0.1) is 0 Å². The van der Waals surface area contributed by atoms with Gasteiger partial charge in [-0.1, -0.05) is 0 Å². The van der Waals surface area contributed by atoms with Crippen molar-refractivity contribution in [2.75, 3.05) is 43.1 Å². The zero-order valence-corrected chi connectivity index (χ0v) is 24.7. The van der Waals surface area contributed by atoms with Gasteiger partial charge in [-0.3, -0.25) is 4.18 Å². The quantitative estimate of drug-likeness (QED) is 0.197. The Bertz CT molecular complexity index is 1300. The zero-order chi connectivity index (χ0) is 25.2. The van der Waals surface area contributed by atoms with E-state index in [0.717, 1.165) is 42.3 Å². The average molecular weight is 542 g/mol. The molecule has 0 amide bonds. The van der Waals surface area contributed by atoms with Gasteiger partial charge in [-0.25, -0.2) is 22.5 Å². The van der Waals surface area contributed by atoms with Crippen LogP contribution in [-0.2, 0) is 14.6 Å². The maximum absolute atomic E-state index is 12.8. The Morgan fingerprint density at radius 1 is 0.889 bits per heavy atom. The van der Waals surface area contributed by atoms with Crippen molar-refractivity contribution in [3.8, 4) is 11.4 Å². The van der Waals surface area contributed by atoms with Crippen LogP contribution in [0.25, 0.3) is 5.69 Å². The van der Waals surface area contributed by atoms with E-state index < -0.39 is 28.2 Å². The maximum atomic E-state index is 12.8. The van der Waals surface area contributed by atoms with Gasteiger partial charge in [0.25, 0.3) is 0 Å². The third-order valence-electron chi connectivity index (χ3n) is 6.24. The predicted molar refractivity (Wildman–Crippen MR) is 130 cm³/mol. The van der Waals surface area contributed by atoms with E-state index >= 15 is 0 Å². The molecule has 2 atom stereocenters. The number of piperazine rings is 1. The second kappa shape index (κ2) is 12.2. The first kappa shape index (κ1) is 28.9. The fourth-order valence-corrected chi connectivity index (χ4v) is 4.61. The Hall–Kier alpha value is -1.71. The number of benzene rings is 2. The van der Waals surface area contributed by atoms with Crippen molar-refractivity contribution in [2.45, 2.75) is 26.0 Å². The molecule has 0 spiro atoms. The first-order valence-electron chi connectivity index (χ1n) is 11.2. The van der Waals surface area contributed by atoms with Crippen LogP contribution in [0, 0.1) is 0 Å². The molecule has 3 aromatic rings. The van der Waals surface area contributed by atoms with Crippen LogP contribution in [0.15, 0.2) is 59.7 Å². The fraction of sp³-hybridized carbons (Fsp3) is 0.391. The number of hydrogen-bond acceptors (Lipinski definition) is 9. The molecule has 4 rings (SSSR count). The summed E-state index contributed by atoms with van der Waals surface area (Å²) in [6, 6.07) is 14.9. The van der Waals surface area contributed by atoms with E-state index in [-0.39, 0.29) is 51.4 Å². The molecule has 0 bridgehead atoms. The normalized spacial score (nSPS) is 15.8. The molecule has 1 saturated heterocycles. The van der Waals surface area contributed by atoms with Crippen molar-refractivity contribution in [3.63, 3.8) is 0 Å². The zero-order valence-electron chi connectivity index (χ0n) is 20.8. The van der Waals surface area contributed by atoms with Gasteiger partial charge in [-0.2, -0.15) is 5.10 Å². The molecule has 0 saturated carbocycles. The summed E-state index contributed by atoms with van der Waals surface area (Å²) >= 11 is 0. The number of ether oxygens (including phenoxy) is 1. The topological polar surface area (TPSA) is 122 Å². The summed E-state index contributed by atoms with van der Waals surface area (Å²) in [4.78, 5) is 17.5. The second-order valence-electron chi connectivity index (χ2n) is 8.37. The molecule has 1 aliphatic rings. The summed E-state index contributed by atoms with van der Waals surface area (Å²) in [7, 11) is -3.23. The van der Waals surface area contributed by atoms with E-state index in [1.54, 1.807) is 14.0 Å². The van der Waals surface area contributed by atoms with E-state index in [1.807, 2.05) is 36.4 Å². The van der Waals surface area contributed by atoms with Crippen LogP contribution in [-0.4, -0.2) is 66.7 Å². The third kappa shape index (κ3) is 6.78. The number of hydrogen-bond donors (Lipinski definition) is 0. The summed E-state index contributed by atoms with van der Waals surface area (Å²) in [6.45, 7) is 6.45. The Kier molecular flexibility index (Phi) is 9.79. The maximum Gasteiger partial charge on any atom is 1.00 e. The van der Waals surface area contributed by atoms with E-state index in [4.69, 9.17) is 4.74 Å². The standard InChI is InChI=1S/C23H29N5O6S.K/c1-17(18(2)34-35(30,31)32)28-23(29)27(16-24-28)21-6-4-19(5-7-21)25-12-14-26(15-13-25)20-8-10-22(33-3)11-9-20;/h4-11,16-18H,12-15H2,1-3H3,(H,30,31,32);/q;+1/p-1/t17-,18+;/m1./s1. The molecule has 0 N–H and O–H groups in total.